The summed E-state index contributed by atoms with van der Waals surface area (Å²) < 4.78 is 13.3. The Balaban J connectivity index is 1.20. The van der Waals surface area contributed by atoms with Crippen molar-refractivity contribution in [3.8, 4) is 34.3 Å². The van der Waals surface area contributed by atoms with Crippen LogP contribution in [0.25, 0.3) is 17.1 Å². The predicted molar refractivity (Wildman–Crippen MR) is 152 cm³/mol. The Morgan fingerprint density at radius 2 is 1.45 bits per heavy atom. The molecule has 190 valence electrons. The highest BCUT2D eigenvalue weighted by atomic mass is 31.0. The van der Waals surface area contributed by atoms with Gasteiger partial charge in [0.15, 0.2) is 5.82 Å². The molecule has 1 N–H and O–H groups in total. The molecule has 0 saturated carbocycles. The number of anilines is 1. The van der Waals surface area contributed by atoms with Gasteiger partial charge in [-0.25, -0.2) is 9.67 Å². The highest BCUT2D eigenvalue weighted by Gasteiger charge is 2.13. The van der Waals surface area contributed by atoms with E-state index in [-0.39, 0.29) is 11.2 Å². The average Bonchev–Trinajstić information content (AvgIpc) is 3.40. The molecule has 7 nitrogen and oxygen atoms in total. The summed E-state index contributed by atoms with van der Waals surface area (Å²) in [7, 11) is 2.66. The summed E-state index contributed by atoms with van der Waals surface area (Å²) in [5, 5.41) is 7.17. The average molecular weight is 523 g/mol. The third-order valence-corrected chi connectivity index (χ3v) is 5.59. The molecule has 0 fully saturated rings. The van der Waals surface area contributed by atoms with E-state index in [4.69, 9.17) is 9.47 Å². The zero-order chi connectivity index (χ0) is 26.5. The Hall–Kier alpha value is -4.48. The minimum Gasteiger partial charge on any atom is -0.484 e. The predicted octanol–water partition coefficient (Wildman–Crippen LogP) is 6.97. The van der Waals surface area contributed by atoms with E-state index in [1.807, 2.05) is 92.7 Å². The molecule has 0 bridgehead atoms. The molecule has 1 heterocycles. The molecule has 1 aromatic heterocycles. The van der Waals surface area contributed by atoms with Crippen LogP contribution < -0.4 is 14.8 Å². The molecule has 4 aromatic carbocycles. The normalized spacial score (nSPS) is 11.1. The number of benzene rings is 4. The lowest BCUT2D eigenvalue weighted by molar-refractivity contribution is 0.102. The summed E-state index contributed by atoms with van der Waals surface area (Å²) in [6.07, 6.45) is 1.67. The maximum atomic E-state index is 12.7. The number of nitrogens with one attached hydrogen (secondary N) is 1. The first-order valence-electron chi connectivity index (χ1n) is 12.1. The van der Waals surface area contributed by atoms with Gasteiger partial charge < -0.3 is 14.8 Å². The fourth-order valence-corrected chi connectivity index (χ4v) is 3.83. The summed E-state index contributed by atoms with van der Waals surface area (Å²) in [5.41, 5.74) is 2.93. The van der Waals surface area contributed by atoms with Crippen LogP contribution in [-0.4, -0.2) is 26.0 Å². The van der Waals surface area contributed by atoms with Gasteiger partial charge in [-0.2, -0.15) is 0 Å². The van der Waals surface area contributed by atoms with Crippen LogP contribution >= 0.6 is 9.24 Å². The van der Waals surface area contributed by atoms with Crippen LogP contribution in [0, 0.1) is 0 Å². The van der Waals surface area contributed by atoms with Gasteiger partial charge in [-0.3, -0.25) is 4.79 Å². The smallest absolute Gasteiger partial charge is 0.255 e. The molecule has 0 aliphatic heterocycles. The van der Waals surface area contributed by atoms with E-state index in [9.17, 15) is 4.79 Å². The van der Waals surface area contributed by atoms with Gasteiger partial charge in [0.1, 0.15) is 28.9 Å². The fraction of sp³-hybridized carbons (Fsp3) is 0.100. The Morgan fingerprint density at radius 1 is 0.816 bits per heavy atom. The van der Waals surface area contributed by atoms with Crippen molar-refractivity contribution in [2.24, 2.45) is 0 Å². The monoisotopic (exact) mass is 522 g/mol. The van der Waals surface area contributed by atoms with E-state index in [0.29, 0.717) is 22.8 Å². The molecule has 0 aliphatic rings. The summed E-state index contributed by atoms with van der Waals surface area (Å²) in [6.45, 7) is 3.96. The van der Waals surface area contributed by atoms with Gasteiger partial charge in [-0.15, -0.1) is 5.10 Å². The molecular formula is C30H27N4O3P. The molecule has 38 heavy (non-hydrogen) atoms. The number of para-hydroxylation sites is 1. The van der Waals surface area contributed by atoms with Crippen LogP contribution in [0.2, 0.25) is 0 Å². The molecule has 5 rings (SSSR count). The number of carbonyl (C=O) groups is 1. The van der Waals surface area contributed by atoms with E-state index in [2.05, 4.69) is 24.6 Å². The largest absolute Gasteiger partial charge is 0.484 e. The number of ether oxygens (including phenoxy) is 2. The second kappa shape index (κ2) is 10.9. The van der Waals surface area contributed by atoms with Crippen molar-refractivity contribution in [1.82, 2.24) is 14.8 Å². The maximum absolute atomic E-state index is 12.7. The Morgan fingerprint density at radius 3 is 2.11 bits per heavy atom. The highest BCUT2D eigenvalue weighted by Crippen LogP contribution is 2.25. The molecule has 0 saturated heterocycles. The minimum atomic E-state index is -0.338. The first-order chi connectivity index (χ1) is 18.3. The van der Waals surface area contributed by atoms with Gasteiger partial charge in [0.2, 0.25) is 0 Å². The van der Waals surface area contributed by atoms with E-state index in [1.54, 1.807) is 35.3 Å². The summed E-state index contributed by atoms with van der Waals surface area (Å²) in [6, 6.07) is 31.6. The van der Waals surface area contributed by atoms with Crippen LogP contribution in [-0.2, 0) is 0 Å². The number of rotatable bonds is 8. The van der Waals surface area contributed by atoms with Gasteiger partial charge in [0.05, 0.1) is 5.69 Å². The molecule has 5 aromatic rings. The number of hydrogen-bond acceptors (Lipinski definition) is 5. The van der Waals surface area contributed by atoms with Gasteiger partial charge in [0.25, 0.3) is 5.91 Å². The quantitative estimate of drug-likeness (QED) is 0.223. The van der Waals surface area contributed by atoms with E-state index in [0.717, 1.165) is 22.7 Å². The zero-order valence-corrected chi connectivity index (χ0v) is 22.2. The van der Waals surface area contributed by atoms with Crippen molar-refractivity contribution < 1.29 is 14.3 Å². The Kier molecular flexibility index (Phi) is 7.20. The molecule has 0 aliphatic carbocycles. The molecule has 8 heteroatoms. The first kappa shape index (κ1) is 25.2. The van der Waals surface area contributed by atoms with Crippen molar-refractivity contribution in [3.63, 3.8) is 0 Å². The molecular weight excluding hydrogens is 495 g/mol. The lowest BCUT2D eigenvalue weighted by atomic mass is 10.1. The number of aromatic nitrogens is 3. The van der Waals surface area contributed by atoms with Crippen LogP contribution in [0.5, 0.6) is 17.2 Å². The molecule has 1 amide bonds. The lowest BCUT2D eigenvalue weighted by Crippen LogP contribution is -2.18. The maximum Gasteiger partial charge on any atom is 0.255 e. The van der Waals surface area contributed by atoms with Crippen LogP contribution in [0.3, 0.4) is 0 Å². The lowest BCUT2D eigenvalue weighted by Gasteiger charge is -2.21. The second-order valence-corrected chi connectivity index (χ2v) is 10.6. The first-order valence-corrected chi connectivity index (χ1v) is 12.6. The van der Waals surface area contributed by atoms with Crippen molar-refractivity contribution in [3.05, 3.63) is 115 Å². The van der Waals surface area contributed by atoms with Gasteiger partial charge in [0, 0.05) is 16.8 Å². The van der Waals surface area contributed by atoms with Crippen molar-refractivity contribution in [2.75, 3.05) is 5.32 Å². The van der Waals surface area contributed by atoms with Crippen LogP contribution in [0.4, 0.5) is 5.69 Å². The van der Waals surface area contributed by atoms with Crippen molar-refractivity contribution in [2.45, 2.75) is 19.2 Å². The number of nitrogens with zero attached hydrogens (tertiary/aromatic N) is 3. The summed E-state index contributed by atoms with van der Waals surface area (Å²) in [4.78, 5) is 17.1. The van der Waals surface area contributed by atoms with Crippen molar-refractivity contribution in [1.29, 1.82) is 0 Å². The third kappa shape index (κ3) is 6.44. The summed E-state index contributed by atoms with van der Waals surface area (Å²) in [5.74, 6) is 2.57. The van der Waals surface area contributed by atoms with Crippen molar-refractivity contribution >= 4 is 20.8 Å². The number of carbonyl (C=O) groups excluding carboxylic acids is 1. The second-order valence-electron chi connectivity index (χ2n) is 9.18. The molecule has 1 unspecified atom stereocenters. The van der Waals surface area contributed by atoms with E-state index in [1.165, 1.54) is 0 Å². The highest BCUT2D eigenvalue weighted by molar-refractivity contribution is 7.18. The van der Waals surface area contributed by atoms with Crippen LogP contribution in [0.1, 0.15) is 24.2 Å². The topological polar surface area (TPSA) is 78.3 Å². The van der Waals surface area contributed by atoms with Crippen LogP contribution in [0.15, 0.2) is 109 Å². The SMILES string of the molecule is CC(C)(P)Oc1ccc(-n2cnc(-c3ccc(NC(=O)c4ccc(Oc5ccccc5)cc4)cc3)n2)cc1. The molecule has 1 atom stereocenters. The van der Waals surface area contributed by atoms with E-state index < -0.39 is 0 Å². The fourth-order valence-electron chi connectivity index (χ4n) is 3.70. The standard InChI is InChI=1S/C30H27N4O3P/c1-30(2,38)37-27-18-14-24(15-19-27)34-20-31-28(33-34)21-8-12-23(13-9-21)32-29(35)22-10-16-26(17-11-22)36-25-6-4-3-5-7-25/h3-20H,38H2,1-2H3,(H,32,35). The minimum absolute atomic E-state index is 0.205. The number of hydrogen-bond donors (Lipinski definition) is 1. The zero-order valence-electron chi connectivity index (χ0n) is 21.0. The molecule has 0 spiro atoms. The molecule has 0 radical (unpaired) electrons. The Bertz CT molecular complexity index is 1510. The third-order valence-electron chi connectivity index (χ3n) is 5.47. The van der Waals surface area contributed by atoms with E-state index >= 15 is 0 Å². The van der Waals surface area contributed by atoms with Gasteiger partial charge in [-0.05, 0) is 98.8 Å². The number of amides is 1. The van der Waals surface area contributed by atoms with Gasteiger partial charge in [-0.1, -0.05) is 27.4 Å². The summed E-state index contributed by atoms with van der Waals surface area (Å²) >= 11 is 0. The van der Waals surface area contributed by atoms with Gasteiger partial charge >= 0.3 is 0 Å². The Labute approximate surface area is 223 Å².